The Morgan fingerprint density at radius 2 is 2.21 bits per heavy atom. The largest absolute Gasteiger partial charge is 0.380 e. The molecule has 0 aliphatic heterocycles. The van der Waals surface area contributed by atoms with Crippen molar-refractivity contribution in [1.29, 1.82) is 0 Å². The lowest BCUT2D eigenvalue weighted by atomic mass is 9.88. The molecule has 0 fully saturated rings. The number of pyridine rings is 1. The Morgan fingerprint density at radius 3 is 2.96 bits per heavy atom. The van der Waals surface area contributed by atoms with Crippen LogP contribution >= 0.6 is 38.9 Å². The average Bonchev–Trinajstić information content (AvgIpc) is 2.89. The van der Waals surface area contributed by atoms with Crippen LogP contribution in [0.2, 0.25) is 5.15 Å². The highest BCUT2D eigenvalue weighted by Gasteiger charge is 2.27. The normalized spacial score (nSPS) is 21.0. The molecule has 24 heavy (non-hydrogen) atoms. The third kappa shape index (κ3) is 3.69. The molecule has 0 aromatic carbocycles. The number of fused-ring (bicyclic) bond motifs is 1. The van der Waals surface area contributed by atoms with Gasteiger partial charge in [0.25, 0.3) is 0 Å². The zero-order chi connectivity index (χ0) is 17.1. The number of thiophene rings is 1. The average molecular weight is 427 g/mol. The molecule has 0 unspecified atom stereocenters. The van der Waals surface area contributed by atoms with Crippen molar-refractivity contribution in [3.8, 4) is 0 Å². The van der Waals surface area contributed by atoms with Crippen LogP contribution in [0.25, 0.3) is 10.2 Å². The van der Waals surface area contributed by atoms with E-state index in [2.05, 4.69) is 57.5 Å². The maximum absolute atomic E-state index is 6.35. The van der Waals surface area contributed by atoms with E-state index in [-0.39, 0.29) is 6.04 Å². The van der Waals surface area contributed by atoms with Gasteiger partial charge in [-0.25, -0.2) is 4.98 Å². The maximum atomic E-state index is 6.35. The fourth-order valence-electron chi connectivity index (χ4n) is 2.95. The molecule has 0 radical (unpaired) electrons. The fraction of sp³-hybridized carbons (Fsp3) is 0.389. The van der Waals surface area contributed by atoms with Crippen LogP contribution in [0.3, 0.4) is 0 Å². The Hall–Kier alpha value is -0.880. The van der Waals surface area contributed by atoms with E-state index < -0.39 is 0 Å². The highest BCUT2D eigenvalue weighted by Crippen LogP contribution is 2.45. The summed E-state index contributed by atoms with van der Waals surface area (Å²) in [4.78, 5) is 5.80. The first-order valence-electron chi connectivity index (χ1n) is 8.19. The quantitative estimate of drug-likeness (QED) is 0.465. The van der Waals surface area contributed by atoms with E-state index in [1.807, 2.05) is 6.07 Å². The van der Waals surface area contributed by atoms with Gasteiger partial charge in [-0.15, -0.1) is 11.3 Å². The second-order valence-electron chi connectivity index (χ2n) is 5.92. The van der Waals surface area contributed by atoms with Crippen molar-refractivity contribution in [2.75, 3.05) is 11.9 Å². The third-order valence-corrected chi connectivity index (χ3v) is 6.81. The minimum atomic E-state index is 0.152. The summed E-state index contributed by atoms with van der Waals surface area (Å²) in [6, 6.07) is 2.05. The first-order valence-corrected chi connectivity index (χ1v) is 10.2. The van der Waals surface area contributed by atoms with Crippen molar-refractivity contribution in [3.05, 3.63) is 44.9 Å². The second kappa shape index (κ2) is 8.00. The van der Waals surface area contributed by atoms with Gasteiger partial charge < -0.3 is 11.1 Å². The van der Waals surface area contributed by atoms with E-state index >= 15 is 0 Å². The first-order chi connectivity index (χ1) is 11.6. The summed E-state index contributed by atoms with van der Waals surface area (Å²) in [7, 11) is 0. The number of hydrogen-bond acceptors (Lipinski definition) is 4. The van der Waals surface area contributed by atoms with Gasteiger partial charge in [0.1, 0.15) is 5.15 Å². The van der Waals surface area contributed by atoms with Crippen LogP contribution in [0.15, 0.2) is 34.8 Å². The maximum Gasteiger partial charge on any atom is 0.131 e. The Balaban J connectivity index is 2.00. The number of nitrogens with zero attached hydrogens (tertiary/aromatic N) is 1. The number of halogens is 2. The Bertz CT molecular complexity index is 784. The van der Waals surface area contributed by atoms with Gasteiger partial charge in [0.15, 0.2) is 0 Å². The monoisotopic (exact) mass is 425 g/mol. The summed E-state index contributed by atoms with van der Waals surface area (Å²) in [6.45, 7) is 2.91. The molecule has 128 valence electrons. The molecule has 0 amide bonds. The minimum absolute atomic E-state index is 0.152. The van der Waals surface area contributed by atoms with Crippen LogP contribution in [0, 0.1) is 0 Å². The zero-order valence-corrected chi connectivity index (χ0v) is 16.7. The standard InChI is InChI=1S/C18H21BrClN3S/c1-2-3-6-9-22-13-10-14(20)23-16-15(19)17(24-18(13)16)11-7-4-5-8-12(11)21/h3-6,10-12H,2,7-9,21H2,1H3,(H,22,23)/b6-3+/t11-,12-/m1/s1. The predicted octanol–water partition coefficient (Wildman–Crippen LogP) is 5.85. The lowest BCUT2D eigenvalue weighted by Gasteiger charge is -2.24. The van der Waals surface area contributed by atoms with Crippen molar-refractivity contribution in [2.24, 2.45) is 5.73 Å². The second-order valence-corrected chi connectivity index (χ2v) is 8.16. The van der Waals surface area contributed by atoms with Crippen LogP contribution in [-0.2, 0) is 0 Å². The summed E-state index contributed by atoms with van der Waals surface area (Å²) < 4.78 is 2.17. The number of nitrogens with two attached hydrogens (primary N) is 1. The predicted molar refractivity (Wildman–Crippen MR) is 109 cm³/mol. The molecule has 3 nitrogen and oxygen atoms in total. The molecule has 2 aromatic heterocycles. The van der Waals surface area contributed by atoms with E-state index in [0.29, 0.717) is 11.1 Å². The molecule has 0 saturated heterocycles. The Kier molecular flexibility index (Phi) is 5.98. The van der Waals surface area contributed by atoms with Crippen LogP contribution < -0.4 is 11.1 Å². The molecular weight excluding hydrogens is 406 g/mol. The van der Waals surface area contributed by atoms with Crippen molar-refractivity contribution in [1.82, 2.24) is 4.98 Å². The molecule has 3 N–H and O–H groups in total. The third-order valence-electron chi connectivity index (χ3n) is 4.21. The molecule has 2 heterocycles. The van der Waals surface area contributed by atoms with Gasteiger partial charge in [0, 0.05) is 29.4 Å². The van der Waals surface area contributed by atoms with Gasteiger partial charge in [0.05, 0.1) is 20.4 Å². The lowest BCUT2D eigenvalue weighted by molar-refractivity contribution is 0.527. The highest BCUT2D eigenvalue weighted by molar-refractivity contribution is 9.10. The van der Waals surface area contributed by atoms with Gasteiger partial charge in [-0.2, -0.15) is 0 Å². The molecule has 0 spiro atoms. The summed E-state index contributed by atoms with van der Waals surface area (Å²) in [6.07, 6.45) is 11.6. The summed E-state index contributed by atoms with van der Waals surface area (Å²) >= 11 is 11.7. The molecule has 1 aliphatic rings. The number of hydrogen-bond donors (Lipinski definition) is 2. The topological polar surface area (TPSA) is 50.9 Å². The smallest absolute Gasteiger partial charge is 0.131 e. The van der Waals surface area contributed by atoms with Gasteiger partial charge in [0.2, 0.25) is 0 Å². The SMILES string of the molecule is CC/C=C/CNc1cc(Cl)nc2c(Br)c([C@@H]3CC=CC[C@H]3N)sc12. The minimum Gasteiger partial charge on any atom is -0.380 e. The molecule has 2 aromatic rings. The molecule has 6 heteroatoms. The molecular formula is C18H21BrClN3S. The van der Waals surface area contributed by atoms with Crippen molar-refractivity contribution < 1.29 is 0 Å². The van der Waals surface area contributed by atoms with Crippen LogP contribution in [0.5, 0.6) is 0 Å². The van der Waals surface area contributed by atoms with Gasteiger partial charge in [-0.3, -0.25) is 0 Å². The van der Waals surface area contributed by atoms with E-state index in [1.165, 1.54) is 4.88 Å². The van der Waals surface area contributed by atoms with Crippen LogP contribution in [0.1, 0.15) is 37.0 Å². The molecule has 0 saturated carbocycles. The molecule has 1 aliphatic carbocycles. The van der Waals surface area contributed by atoms with E-state index in [1.54, 1.807) is 11.3 Å². The van der Waals surface area contributed by atoms with Crippen molar-refractivity contribution >= 4 is 54.8 Å². The van der Waals surface area contributed by atoms with Crippen LogP contribution in [-0.4, -0.2) is 17.6 Å². The number of anilines is 1. The number of rotatable bonds is 5. The fourth-order valence-corrected chi connectivity index (χ4v) is 5.41. The van der Waals surface area contributed by atoms with Crippen molar-refractivity contribution in [2.45, 2.75) is 38.1 Å². The molecule has 0 bridgehead atoms. The number of nitrogens with one attached hydrogen (secondary N) is 1. The number of aromatic nitrogens is 1. The van der Waals surface area contributed by atoms with Gasteiger partial charge in [-0.05, 0) is 35.2 Å². The van der Waals surface area contributed by atoms with Crippen LogP contribution in [0.4, 0.5) is 5.69 Å². The highest BCUT2D eigenvalue weighted by atomic mass is 79.9. The van der Waals surface area contributed by atoms with Gasteiger partial charge >= 0.3 is 0 Å². The lowest BCUT2D eigenvalue weighted by Crippen LogP contribution is -2.29. The van der Waals surface area contributed by atoms with E-state index in [0.717, 1.165) is 46.2 Å². The zero-order valence-electron chi connectivity index (χ0n) is 13.6. The molecule has 2 atom stereocenters. The first kappa shape index (κ1) is 17.9. The number of allylic oxidation sites excluding steroid dienone is 2. The summed E-state index contributed by atoms with van der Waals surface area (Å²) in [5, 5.41) is 3.95. The van der Waals surface area contributed by atoms with E-state index in [9.17, 15) is 0 Å². The van der Waals surface area contributed by atoms with Gasteiger partial charge in [-0.1, -0.05) is 42.8 Å². The summed E-state index contributed by atoms with van der Waals surface area (Å²) in [5.74, 6) is 0.329. The Morgan fingerprint density at radius 1 is 1.42 bits per heavy atom. The molecule has 3 rings (SSSR count). The van der Waals surface area contributed by atoms with E-state index in [4.69, 9.17) is 17.3 Å². The Labute approximate surface area is 160 Å². The summed E-state index contributed by atoms with van der Waals surface area (Å²) in [5.41, 5.74) is 8.30. The van der Waals surface area contributed by atoms with Crippen molar-refractivity contribution in [3.63, 3.8) is 0 Å².